The highest BCUT2D eigenvalue weighted by molar-refractivity contribution is 5.98. The lowest BCUT2D eigenvalue weighted by atomic mass is 9.98. The van der Waals surface area contributed by atoms with E-state index in [1.807, 2.05) is 100 Å². The largest absolute Gasteiger partial charge is 0.438 e. The average Bonchev–Trinajstić information content (AvgIpc) is 3.30. The van der Waals surface area contributed by atoms with Gasteiger partial charge in [0.15, 0.2) is 0 Å². The number of nitrogens with zero attached hydrogens (tertiary/aromatic N) is 2. The Bertz CT molecular complexity index is 1790. The summed E-state index contributed by atoms with van der Waals surface area (Å²) in [6, 6.07) is 26.0. The van der Waals surface area contributed by atoms with E-state index < -0.39 is 11.9 Å². The van der Waals surface area contributed by atoms with Crippen LogP contribution in [0.3, 0.4) is 0 Å². The van der Waals surface area contributed by atoms with Gasteiger partial charge < -0.3 is 4.42 Å². The Hall–Kier alpha value is -4.89. The number of pyridine rings is 1. The van der Waals surface area contributed by atoms with Crippen molar-refractivity contribution in [1.82, 2.24) is 4.57 Å². The summed E-state index contributed by atoms with van der Waals surface area (Å²) in [5, 5.41) is 14.0. The minimum absolute atomic E-state index is 0.0655. The van der Waals surface area contributed by atoms with Crippen LogP contribution in [0.4, 0.5) is 5.88 Å². The molecule has 2 heterocycles. The third-order valence-corrected chi connectivity index (χ3v) is 7.04. The maximum Gasteiger partial charge on any atom is 0.252 e. The zero-order valence-corrected chi connectivity index (χ0v) is 22.4. The van der Waals surface area contributed by atoms with Gasteiger partial charge in [0.05, 0.1) is 5.52 Å². The number of carbonyl (C=O) groups excluding carboxylic acids is 1. The molecular formula is C33H29N3O3. The molecule has 0 fully saturated rings. The summed E-state index contributed by atoms with van der Waals surface area (Å²) in [7, 11) is 0. The van der Waals surface area contributed by atoms with Crippen molar-refractivity contribution in [2.24, 2.45) is 0 Å². The number of rotatable bonds is 6. The SMILES string of the molecule is CCC(C(=O)Nc1oc(-c2ccccc2)c(-c2ccccc2)c1C#N)n1c(=O)cc(C)c2cc(C)cc(C)c21. The molecule has 0 aliphatic carbocycles. The molecule has 5 aromatic rings. The van der Waals surface area contributed by atoms with E-state index >= 15 is 0 Å². The van der Waals surface area contributed by atoms with Crippen molar-refractivity contribution in [3.05, 3.63) is 111 Å². The lowest BCUT2D eigenvalue weighted by Crippen LogP contribution is -2.33. The van der Waals surface area contributed by atoms with Crippen LogP contribution >= 0.6 is 0 Å². The number of aryl methyl sites for hydroxylation is 3. The zero-order valence-electron chi connectivity index (χ0n) is 22.4. The second-order valence-corrected chi connectivity index (χ2v) is 9.78. The van der Waals surface area contributed by atoms with Gasteiger partial charge in [0, 0.05) is 22.6 Å². The van der Waals surface area contributed by atoms with E-state index in [1.54, 1.807) is 10.6 Å². The molecule has 0 saturated carbocycles. The normalized spacial score (nSPS) is 11.8. The Morgan fingerprint density at radius 2 is 1.59 bits per heavy atom. The molecule has 0 spiro atoms. The van der Waals surface area contributed by atoms with Crippen molar-refractivity contribution in [2.45, 2.75) is 40.2 Å². The first-order valence-electron chi connectivity index (χ1n) is 13.0. The van der Waals surface area contributed by atoms with Crippen molar-refractivity contribution in [1.29, 1.82) is 5.26 Å². The molecule has 1 unspecified atom stereocenters. The molecule has 0 saturated heterocycles. The van der Waals surface area contributed by atoms with E-state index in [0.717, 1.165) is 38.7 Å². The molecule has 6 heteroatoms. The van der Waals surface area contributed by atoms with Gasteiger partial charge in [0.2, 0.25) is 11.8 Å². The summed E-state index contributed by atoms with van der Waals surface area (Å²) in [5.41, 5.74) is 5.79. The van der Waals surface area contributed by atoms with Gasteiger partial charge >= 0.3 is 0 Å². The second kappa shape index (κ2) is 10.5. The van der Waals surface area contributed by atoms with Crippen LogP contribution in [-0.4, -0.2) is 10.5 Å². The number of benzene rings is 3. The summed E-state index contributed by atoms with van der Waals surface area (Å²) in [4.78, 5) is 27.1. The van der Waals surface area contributed by atoms with Crippen molar-refractivity contribution in [2.75, 3.05) is 5.32 Å². The third-order valence-electron chi connectivity index (χ3n) is 7.04. The van der Waals surface area contributed by atoms with Crippen LogP contribution in [0.1, 0.15) is 41.6 Å². The number of fused-ring (bicyclic) bond motifs is 1. The molecule has 39 heavy (non-hydrogen) atoms. The minimum atomic E-state index is -0.806. The summed E-state index contributed by atoms with van der Waals surface area (Å²) in [6.45, 7) is 7.74. The fourth-order valence-electron chi connectivity index (χ4n) is 5.31. The smallest absolute Gasteiger partial charge is 0.252 e. The summed E-state index contributed by atoms with van der Waals surface area (Å²) in [5.74, 6) is 0.135. The molecule has 5 rings (SSSR count). The Morgan fingerprint density at radius 1 is 0.949 bits per heavy atom. The van der Waals surface area contributed by atoms with E-state index in [4.69, 9.17) is 4.42 Å². The molecule has 0 bridgehead atoms. The zero-order chi connectivity index (χ0) is 27.7. The van der Waals surface area contributed by atoms with E-state index in [9.17, 15) is 14.9 Å². The summed E-state index contributed by atoms with van der Waals surface area (Å²) >= 11 is 0. The number of hydrogen-bond acceptors (Lipinski definition) is 4. The second-order valence-electron chi connectivity index (χ2n) is 9.78. The van der Waals surface area contributed by atoms with Crippen molar-refractivity contribution in [3.8, 4) is 28.5 Å². The van der Waals surface area contributed by atoms with Gasteiger partial charge in [-0.1, -0.05) is 79.2 Å². The fraction of sp³-hybridized carbons (Fsp3) is 0.182. The van der Waals surface area contributed by atoms with Crippen molar-refractivity contribution >= 4 is 22.7 Å². The third kappa shape index (κ3) is 4.64. The van der Waals surface area contributed by atoms with Crippen LogP contribution in [0.5, 0.6) is 0 Å². The van der Waals surface area contributed by atoms with Crippen LogP contribution in [0.25, 0.3) is 33.4 Å². The first kappa shape index (κ1) is 25.7. The molecule has 1 N–H and O–H groups in total. The standard InChI is InChI=1S/C33H29N3O3/c1-5-27(36-28(37)18-21(3)25-17-20(2)16-22(4)30(25)36)32(38)35-33-26(19-34)29(23-12-8-6-9-13-23)31(39-33)24-14-10-7-11-15-24/h6-18,27H,5H2,1-4H3,(H,35,38). The Labute approximate surface area is 227 Å². The molecule has 1 amide bonds. The number of nitriles is 1. The predicted molar refractivity (Wildman–Crippen MR) is 155 cm³/mol. The van der Waals surface area contributed by atoms with Crippen molar-refractivity contribution < 1.29 is 9.21 Å². The van der Waals surface area contributed by atoms with Crippen LogP contribution in [0, 0.1) is 32.1 Å². The molecule has 194 valence electrons. The van der Waals surface area contributed by atoms with E-state index in [-0.39, 0.29) is 17.0 Å². The van der Waals surface area contributed by atoms with Gasteiger partial charge in [-0.25, -0.2) is 0 Å². The van der Waals surface area contributed by atoms with E-state index in [0.29, 0.717) is 17.7 Å². The molecule has 6 nitrogen and oxygen atoms in total. The predicted octanol–water partition coefficient (Wildman–Crippen LogP) is 7.32. The molecule has 2 aromatic heterocycles. The number of amides is 1. The lowest BCUT2D eigenvalue weighted by Gasteiger charge is -2.22. The maximum absolute atomic E-state index is 13.8. The average molecular weight is 516 g/mol. The van der Waals surface area contributed by atoms with E-state index in [1.165, 1.54) is 0 Å². The number of furan rings is 1. The number of anilines is 1. The highest BCUT2D eigenvalue weighted by Gasteiger charge is 2.28. The van der Waals surface area contributed by atoms with Gasteiger partial charge in [-0.3, -0.25) is 19.5 Å². The fourth-order valence-corrected chi connectivity index (χ4v) is 5.31. The molecule has 0 radical (unpaired) electrons. The van der Waals surface area contributed by atoms with Gasteiger partial charge in [0.25, 0.3) is 5.56 Å². The van der Waals surface area contributed by atoms with Gasteiger partial charge in [-0.2, -0.15) is 5.26 Å². The first-order chi connectivity index (χ1) is 18.8. The quantitative estimate of drug-likeness (QED) is 0.257. The number of carbonyl (C=O) groups is 1. The highest BCUT2D eigenvalue weighted by Crippen LogP contribution is 2.41. The molecule has 3 aromatic carbocycles. The van der Waals surface area contributed by atoms with E-state index in [2.05, 4.69) is 11.4 Å². The summed E-state index contributed by atoms with van der Waals surface area (Å²) < 4.78 is 7.78. The van der Waals surface area contributed by atoms with Crippen LogP contribution in [0.15, 0.2) is 88.1 Å². The van der Waals surface area contributed by atoms with Gasteiger partial charge in [-0.05, 0) is 49.9 Å². The molecule has 0 aliphatic heterocycles. The van der Waals surface area contributed by atoms with Crippen LogP contribution < -0.4 is 10.9 Å². The number of aromatic nitrogens is 1. The van der Waals surface area contributed by atoms with Crippen LogP contribution in [0.2, 0.25) is 0 Å². The highest BCUT2D eigenvalue weighted by atomic mass is 16.4. The Morgan fingerprint density at radius 3 is 2.21 bits per heavy atom. The first-order valence-corrected chi connectivity index (χ1v) is 13.0. The van der Waals surface area contributed by atoms with Crippen LogP contribution in [-0.2, 0) is 4.79 Å². The Balaban J connectivity index is 1.64. The van der Waals surface area contributed by atoms with Gasteiger partial charge in [-0.15, -0.1) is 0 Å². The number of nitrogens with one attached hydrogen (secondary N) is 1. The molecular weight excluding hydrogens is 486 g/mol. The lowest BCUT2D eigenvalue weighted by molar-refractivity contribution is -0.119. The molecule has 1 atom stereocenters. The monoisotopic (exact) mass is 515 g/mol. The summed E-state index contributed by atoms with van der Waals surface area (Å²) in [6.07, 6.45) is 0.372. The molecule has 0 aliphatic rings. The topological polar surface area (TPSA) is 88.0 Å². The maximum atomic E-state index is 13.8. The Kier molecular flexibility index (Phi) is 6.91. The minimum Gasteiger partial charge on any atom is -0.438 e. The van der Waals surface area contributed by atoms with Crippen molar-refractivity contribution in [3.63, 3.8) is 0 Å². The van der Waals surface area contributed by atoms with Gasteiger partial charge in [0.1, 0.15) is 23.4 Å². The number of hydrogen-bond donors (Lipinski definition) is 1.